The van der Waals surface area contributed by atoms with Crippen molar-refractivity contribution in [3.05, 3.63) is 54.4 Å². The fraction of sp³-hybridized carbons (Fsp3) is 0.261. The van der Waals surface area contributed by atoms with Crippen molar-refractivity contribution >= 4 is 17.2 Å². The molecule has 0 bridgehead atoms. The largest absolute Gasteiger partial charge is 0.427 e. The minimum absolute atomic E-state index is 0.148. The number of allylic oxidation sites excluding steroid dienone is 1. The van der Waals surface area contributed by atoms with Gasteiger partial charge in [-0.2, -0.15) is 9.99 Å². The Balaban J connectivity index is 1.38. The number of pyridine rings is 2. The van der Waals surface area contributed by atoms with Gasteiger partial charge in [0.2, 0.25) is 0 Å². The quantitative estimate of drug-likeness (QED) is 0.474. The highest BCUT2D eigenvalue weighted by atomic mass is 16.5. The zero-order valence-electron chi connectivity index (χ0n) is 16.7. The van der Waals surface area contributed by atoms with Crippen LogP contribution in [-0.2, 0) is 0 Å². The van der Waals surface area contributed by atoms with Gasteiger partial charge in [0.25, 0.3) is 0 Å². The van der Waals surface area contributed by atoms with Crippen LogP contribution in [0.1, 0.15) is 37.4 Å². The number of nitrogens with zero attached hydrogens (tertiary/aromatic N) is 6. The second-order valence-corrected chi connectivity index (χ2v) is 8.15. The van der Waals surface area contributed by atoms with Gasteiger partial charge < -0.3 is 10.5 Å². The van der Waals surface area contributed by atoms with Crippen molar-refractivity contribution in [3.8, 4) is 28.6 Å². The predicted octanol–water partition coefficient (Wildman–Crippen LogP) is 4.44. The number of fused-ring (bicyclic) bond motifs is 5. The highest BCUT2D eigenvalue weighted by Gasteiger charge is 2.34. The van der Waals surface area contributed by atoms with Crippen LogP contribution >= 0.6 is 0 Å². The molecule has 0 radical (unpaired) electrons. The first-order valence-corrected chi connectivity index (χ1v) is 10.4. The van der Waals surface area contributed by atoms with Crippen molar-refractivity contribution in [2.24, 2.45) is 10.9 Å². The molecule has 31 heavy (non-hydrogen) atoms. The van der Waals surface area contributed by atoms with E-state index in [1.54, 1.807) is 18.6 Å². The summed E-state index contributed by atoms with van der Waals surface area (Å²) in [5, 5.41) is 23.7. The maximum Gasteiger partial charge on any atom is 0.149 e. The summed E-state index contributed by atoms with van der Waals surface area (Å²) in [6.45, 7) is 0. The molecule has 5 heterocycles. The fourth-order valence-electron chi connectivity index (χ4n) is 4.91. The number of anilines is 2. The van der Waals surface area contributed by atoms with E-state index in [4.69, 9.17) is 10.2 Å². The highest BCUT2D eigenvalue weighted by molar-refractivity contribution is 6.15. The number of imidazole rings is 1. The molecule has 3 aromatic heterocycles. The topological polar surface area (TPSA) is 112 Å². The fourth-order valence-corrected chi connectivity index (χ4v) is 4.91. The summed E-state index contributed by atoms with van der Waals surface area (Å²) in [6, 6.07) is 7.89. The normalized spacial score (nSPS) is 21.1. The van der Waals surface area contributed by atoms with E-state index >= 15 is 0 Å². The molecule has 0 spiro atoms. The van der Waals surface area contributed by atoms with E-state index in [0.29, 0.717) is 29.0 Å². The molecule has 1 aliphatic carbocycles. The Hall–Kier alpha value is -3.99. The molecular weight excluding hydrogens is 390 g/mol. The lowest BCUT2D eigenvalue weighted by molar-refractivity contribution is 0.169. The van der Waals surface area contributed by atoms with Gasteiger partial charge in [-0.1, -0.05) is 0 Å². The number of hydrogen-bond donors (Lipinski definition) is 2. The van der Waals surface area contributed by atoms with Gasteiger partial charge >= 0.3 is 0 Å². The lowest BCUT2D eigenvalue weighted by Gasteiger charge is -2.30. The smallest absolute Gasteiger partial charge is 0.149 e. The van der Waals surface area contributed by atoms with Crippen LogP contribution in [0.4, 0.5) is 11.5 Å². The summed E-state index contributed by atoms with van der Waals surface area (Å²) in [6.07, 6.45) is 10.7. The molecule has 1 saturated carbocycles. The molecule has 0 saturated heterocycles. The van der Waals surface area contributed by atoms with Gasteiger partial charge in [0, 0.05) is 41.2 Å². The van der Waals surface area contributed by atoms with Crippen molar-refractivity contribution in [3.63, 3.8) is 0 Å². The summed E-state index contributed by atoms with van der Waals surface area (Å²) < 4.78 is 1.26. The summed E-state index contributed by atoms with van der Waals surface area (Å²) in [5.74, 6) is 1.89. The van der Waals surface area contributed by atoms with E-state index < -0.39 is 0 Å². The van der Waals surface area contributed by atoms with E-state index in [1.165, 1.54) is 4.73 Å². The summed E-state index contributed by atoms with van der Waals surface area (Å²) in [7, 11) is 0. The van der Waals surface area contributed by atoms with Gasteiger partial charge in [-0.05, 0) is 49.8 Å². The van der Waals surface area contributed by atoms with Gasteiger partial charge in [-0.25, -0.2) is 15.0 Å². The van der Waals surface area contributed by atoms with Crippen LogP contribution in [0.5, 0.6) is 0 Å². The summed E-state index contributed by atoms with van der Waals surface area (Å²) in [4.78, 5) is 17.7. The Labute approximate surface area is 178 Å². The molecular formula is C23H19N7O. The Morgan fingerprint density at radius 3 is 2.71 bits per heavy atom. The average Bonchev–Trinajstić information content (AvgIpc) is 3.04. The first-order chi connectivity index (χ1) is 15.2. The maximum absolute atomic E-state index is 11.2. The molecule has 3 aliphatic rings. The van der Waals surface area contributed by atoms with E-state index in [0.717, 1.165) is 53.8 Å². The van der Waals surface area contributed by atoms with Crippen molar-refractivity contribution in [1.82, 2.24) is 19.7 Å². The number of aromatic nitrogens is 4. The molecule has 8 nitrogen and oxygen atoms in total. The van der Waals surface area contributed by atoms with Crippen LogP contribution in [0.2, 0.25) is 0 Å². The highest BCUT2D eigenvalue weighted by Crippen LogP contribution is 2.46. The van der Waals surface area contributed by atoms with Crippen LogP contribution in [-0.4, -0.2) is 30.6 Å². The van der Waals surface area contributed by atoms with Gasteiger partial charge in [0.15, 0.2) is 0 Å². The van der Waals surface area contributed by atoms with Gasteiger partial charge in [0.1, 0.15) is 34.8 Å². The van der Waals surface area contributed by atoms with Crippen LogP contribution < -0.4 is 5.32 Å². The summed E-state index contributed by atoms with van der Waals surface area (Å²) >= 11 is 0. The number of hydrogen-bond acceptors (Lipinski definition) is 7. The van der Waals surface area contributed by atoms with Gasteiger partial charge in [-0.3, -0.25) is 4.98 Å². The predicted molar refractivity (Wildman–Crippen MR) is 115 cm³/mol. The summed E-state index contributed by atoms with van der Waals surface area (Å²) in [5.41, 5.74) is 5.51. The molecule has 0 unspecified atom stereocenters. The zero-order valence-corrected chi connectivity index (χ0v) is 16.7. The molecule has 2 aliphatic heterocycles. The third kappa shape index (κ3) is 2.66. The van der Waals surface area contributed by atoms with E-state index in [1.807, 2.05) is 24.4 Å². The second-order valence-electron chi connectivity index (χ2n) is 8.15. The van der Waals surface area contributed by atoms with E-state index in [2.05, 4.69) is 26.3 Å². The van der Waals surface area contributed by atoms with E-state index in [-0.39, 0.29) is 5.92 Å². The Kier molecular flexibility index (Phi) is 3.90. The Morgan fingerprint density at radius 1 is 1.10 bits per heavy atom. The number of nitrogens with one attached hydrogen (secondary N) is 1. The Bertz CT molecular complexity index is 1310. The minimum Gasteiger partial charge on any atom is -0.427 e. The van der Waals surface area contributed by atoms with Crippen LogP contribution in [0.3, 0.4) is 0 Å². The lowest BCUT2D eigenvalue weighted by atomic mass is 9.76. The van der Waals surface area contributed by atoms with Crippen LogP contribution in [0.15, 0.2) is 53.6 Å². The van der Waals surface area contributed by atoms with Crippen molar-refractivity contribution in [1.29, 1.82) is 5.26 Å². The first-order valence-electron chi connectivity index (χ1n) is 10.4. The van der Waals surface area contributed by atoms with Crippen LogP contribution in [0.25, 0.3) is 22.5 Å². The van der Waals surface area contributed by atoms with E-state index in [9.17, 15) is 5.21 Å². The molecule has 152 valence electrons. The standard InChI is InChI=1S/C23H19N7O/c24-10-18-17(11-27-18)13-3-5-14(6-4-13)23-29-20-16-2-1-8-26-22(16)28-19-12-25-9-7-15(19)21(20)30(23)31/h1-2,7-9,11-14,31H,3-6H2,(H,26,28). The lowest BCUT2D eigenvalue weighted by Crippen LogP contribution is -2.23. The van der Waals surface area contributed by atoms with Crippen molar-refractivity contribution in [2.45, 2.75) is 31.6 Å². The van der Waals surface area contributed by atoms with Crippen molar-refractivity contribution < 1.29 is 5.21 Å². The molecule has 0 aromatic carbocycles. The van der Waals surface area contributed by atoms with Crippen molar-refractivity contribution in [2.75, 3.05) is 5.32 Å². The molecule has 1 fully saturated rings. The van der Waals surface area contributed by atoms with Gasteiger partial charge in [-0.15, -0.1) is 0 Å². The average molecular weight is 409 g/mol. The Morgan fingerprint density at radius 2 is 1.94 bits per heavy atom. The molecule has 3 aromatic rings. The maximum atomic E-state index is 11.2. The SMILES string of the molecule is N#CC1=NC=C1C1CCC(c2nc3c(n2O)-c2ccncc2Nc2ncccc2-3)CC1. The van der Waals surface area contributed by atoms with Crippen LogP contribution in [0, 0.1) is 17.2 Å². The molecule has 0 atom stereocenters. The third-order valence-electron chi connectivity index (χ3n) is 6.52. The molecule has 8 heteroatoms. The third-order valence-corrected chi connectivity index (χ3v) is 6.52. The monoisotopic (exact) mass is 409 g/mol. The number of nitriles is 1. The first kappa shape index (κ1) is 17.8. The number of aliphatic imine (C=N–C) groups is 1. The molecule has 0 amide bonds. The molecule has 6 rings (SSSR count). The minimum atomic E-state index is 0.148. The second kappa shape index (κ2) is 6.77. The molecule has 2 N–H and O–H groups in total. The van der Waals surface area contributed by atoms with Gasteiger partial charge in [0.05, 0.1) is 11.9 Å². The number of rotatable bonds is 2. The zero-order chi connectivity index (χ0) is 20.9.